The minimum atomic E-state index is 0.0393. The summed E-state index contributed by atoms with van der Waals surface area (Å²) in [5.41, 5.74) is 8.72. The van der Waals surface area contributed by atoms with Gasteiger partial charge in [-0.05, 0) is 30.9 Å². The Kier molecular flexibility index (Phi) is 3.49. The standard InChI is InChI=1S/C19H20N2O2/c20-10-14-17(12-6-2-1-3-7-12)15-11-22-16-9-5-4-8-13(16)18(15)23-19(14)21/h4-5,8-9,12,17H,1-3,6-7,11,21H2/t17-/m1/s1. The third-order valence-corrected chi connectivity index (χ3v) is 5.21. The maximum absolute atomic E-state index is 9.62. The Labute approximate surface area is 136 Å². The number of para-hydroxylation sites is 1. The molecule has 0 unspecified atom stereocenters. The zero-order valence-corrected chi connectivity index (χ0v) is 13.0. The summed E-state index contributed by atoms with van der Waals surface area (Å²) in [5.74, 6) is 2.39. The molecule has 0 aromatic heterocycles. The van der Waals surface area contributed by atoms with Crippen molar-refractivity contribution >= 4 is 5.76 Å². The number of nitriles is 1. The minimum Gasteiger partial charge on any atom is -0.488 e. The zero-order valence-electron chi connectivity index (χ0n) is 13.0. The SMILES string of the molecule is N#CC1=C(N)OC2=C(COc3ccccc32)[C@@H]1C1CCCCC1. The first-order valence-corrected chi connectivity index (χ1v) is 8.32. The molecule has 1 atom stereocenters. The Bertz CT molecular complexity index is 736. The second-order valence-electron chi connectivity index (χ2n) is 6.51. The zero-order chi connectivity index (χ0) is 15.8. The summed E-state index contributed by atoms with van der Waals surface area (Å²) in [6.07, 6.45) is 6.01. The molecule has 4 heteroatoms. The third kappa shape index (κ3) is 2.28. The molecule has 0 saturated heterocycles. The van der Waals surface area contributed by atoms with E-state index >= 15 is 0 Å². The van der Waals surface area contributed by atoms with Crippen LogP contribution in [0.15, 0.2) is 41.3 Å². The van der Waals surface area contributed by atoms with Crippen LogP contribution in [0.1, 0.15) is 37.7 Å². The molecular weight excluding hydrogens is 288 g/mol. The number of allylic oxidation sites excluding steroid dienone is 1. The maximum atomic E-state index is 9.62. The van der Waals surface area contributed by atoms with Crippen molar-refractivity contribution in [3.63, 3.8) is 0 Å². The van der Waals surface area contributed by atoms with Gasteiger partial charge in [0, 0.05) is 11.5 Å². The van der Waals surface area contributed by atoms with Gasteiger partial charge < -0.3 is 15.2 Å². The largest absolute Gasteiger partial charge is 0.488 e. The van der Waals surface area contributed by atoms with Crippen LogP contribution in [0.3, 0.4) is 0 Å². The molecule has 3 aliphatic rings. The summed E-state index contributed by atoms with van der Waals surface area (Å²) in [6.45, 7) is 0.478. The van der Waals surface area contributed by atoms with Crippen molar-refractivity contribution in [3.05, 3.63) is 46.9 Å². The molecule has 2 aliphatic heterocycles. The molecule has 0 radical (unpaired) electrons. The van der Waals surface area contributed by atoms with Crippen molar-refractivity contribution in [1.29, 1.82) is 5.26 Å². The molecule has 2 N–H and O–H groups in total. The van der Waals surface area contributed by atoms with Crippen LogP contribution in [-0.4, -0.2) is 6.61 Å². The van der Waals surface area contributed by atoms with Gasteiger partial charge in [0.2, 0.25) is 5.88 Å². The molecule has 118 valence electrons. The third-order valence-electron chi connectivity index (χ3n) is 5.21. The number of ether oxygens (including phenoxy) is 2. The van der Waals surface area contributed by atoms with Gasteiger partial charge in [0.15, 0.2) is 0 Å². The van der Waals surface area contributed by atoms with E-state index in [0.29, 0.717) is 18.1 Å². The van der Waals surface area contributed by atoms with Crippen LogP contribution in [0.4, 0.5) is 0 Å². The van der Waals surface area contributed by atoms with Gasteiger partial charge in [-0.2, -0.15) is 5.26 Å². The fraction of sp³-hybridized carbons (Fsp3) is 0.421. The molecular formula is C19H20N2O2. The van der Waals surface area contributed by atoms with Crippen LogP contribution >= 0.6 is 0 Å². The number of nitrogens with two attached hydrogens (primary N) is 1. The highest BCUT2D eigenvalue weighted by molar-refractivity contribution is 5.73. The average molecular weight is 308 g/mol. The van der Waals surface area contributed by atoms with E-state index in [9.17, 15) is 5.26 Å². The molecule has 23 heavy (non-hydrogen) atoms. The Balaban J connectivity index is 1.82. The second-order valence-corrected chi connectivity index (χ2v) is 6.51. The predicted molar refractivity (Wildman–Crippen MR) is 86.8 cm³/mol. The summed E-state index contributed by atoms with van der Waals surface area (Å²) >= 11 is 0. The van der Waals surface area contributed by atoms with E-state index in [0.717, 1.165) is 35.5 Å². The molecule has 0 spiro atoms. The molecule has 1 saturated carbocycles. The monoisotopic (exact) mass is 308 g/mol. The van der Waals surface area contributed by atoms with Crippen molar-refractivity contribution in [2.75, 3.05) is 6.61 Å². The minimum absolute atomic E-state index is 0.0393. The Morgan fingerprint density at radius 3 is 2.70 bits per heavy atom. The van der Waals surface area contributed by atoms with Crippen LogP contribution in [0.2, 0.25) is 0 Å². The van der Waals surface area contributed by atoms with Crippen molar-refractivity contribution in [2.45, 2.75) is 32.1 Å². The highest BCUT2D eigenvalue weighted by Crippen LogP contribution is 2.47. The predicted octanol–water partition coefficient (Wildman–Crippen LogP) is 3.71. The van der Waals surface area contributed by atoms with Crippen LogP contribution < -0.4 is 10.5 Å². The van der Waals surface area contributed by atoms with Gasteiger partial charge in [-0.1, -0.05) is 31.4 Å². The van der Waals surface area contributed by atoms with Crippen molar-refractivity contribution in [3.8, 4) is 11.8 Å². The quantitative estimate of drug-likeness (QED) is 0.858. The van der Waals surface area contributed by atoms with E-state index in [1.165, 1.54) is 19.3 Å². The highest BCUT2D eigenvalue weighted by Gasteiger charge is 2.40. The first kappa shape index (κ1) is 14.2. The molecule has 0 bridgehead atoms. The van der Waals surface area contributed by atoms with Gasteiger partial charge >= 0.3 is 0 Å². The Hall–Kier alpha value is -2.41. The van der Waals surface area contributed by atoms with E-state index in [1.54, 1.807) is 0 Å². The van der Waals surface area contributed by atoms with E-state index in [4.69, 9.17) is 15.2 Å². The maximum Gasteiger partial charge on any atom is 0.205 e. The highest BCUT2D eigenvalue weighted by atomic mass is 16.5. The fourth-order valence-corrected chi connectivity index (χ4v) is 4.13. The average Bonchev–Trinajstić information content (AvgIpc) is 2.61. The normalized spacial score (nSPS) is 24.2. The van der Waals surface area contributed by atoms with Gasteiger partial charge in [0.25, 0.3) is 0 Å². The summed E-state index contributed by atoms with van der Waals surface area (Å²) < 4.78 is 11.8. The fourth-order valence-electron chi connectivity index (χ4n) is 4.13. The summed E-state index contributed by atoms with van der Waals surface area (Å²) in [4.78, 5) is 0. The van der Waals surface area contributed by atoms with E-state index < -0.39 is 0 Å². The van der Waals surface area contributed by atoms with E-state index in [-0.39, 0.29) is 11.8 Å². The summed E-state index contributed by atoms with van der Waals surface area (Å²) in [6, 6.07) is 10.2. The lowest BCUT2D eigenvalue weighted by atomic mass is 9.72. The molecule has 1 aromatic carbocycles. The number of fused-ring (bicyclic) bond motifs is 2. The molecule has 0 amide bonds. The van der Waals surface area contributed by atoms with Gasteiger partial charge in [0.05, 0.1) is 11.1 Å². The first-order valence-electron chi connectivity index (χ1n) is 8.32. The Morgan fingerprint density at radius 2 is 1.91 bits per heavy atom. The molecule has 1 fully saturated rings. The molecule has 4 rings (SSSR count). The van der Waals surface area contributed by atoms with Crippen LogP contribution in [-0.2, 0) is 4.74 Å². The number of benzene rings is 1. The molecule has 2 heterocycles. The van der Waals surface area contributed by atoms with Crippen LogP contribution in [0.25, 0.3) is 5.76 Å². The molecule has 1 aliphatic carbocycles. The van der Waals surface area contributed by atoms with Crippen molar-refractivity contribution < 1.29 is 9.47 Å². The van der Waals surface area contributed by atoms with E-state index in [2.05, 4.69) is 6.07 Å². The number of rotatable bonds is 1. The number of nitrogens with zero attached hydrogens (tertiary/aromatic N) is 1. The summed E-state index contributed by atoms with van der Waals surface area (Å²) in [7, 11) is 0. The second kappa shape index (κ2) is 5.66. The topological polar surface area (TPSA) is 68.3 Å². The van der Waals surface area contributed by atoms with Crippen LogP contribution in [0, 0.1) is 23.2 Å². The lowest BCUT2D eigenvalue weighted by molar-refractivity contribution is 0.235. The van der Waals surface area contributed by atoms with Gasteiger partial charge in [-0.25, -0.2) is 0 Å². The van der Waals surface area contributed by atoms with Gasteiger partial charge in [0.1, 0.15) is 24.2 Å². The van der Waals surface area contributed by atoms with Crippen molar-refractivity contribution in [2.24, 2.45) is 17.6 Å². The van der Waals surface area contributed by atoms with Gasteiger partial charge in [-0.15, -0.1) is 0 Å². The number of hydrogen-bond donors (Lipinski definition) is 1. The lowest BCUT2D eigenvalue weighted by Gasteiger charge is -2.37. The molecule has 1 aromatic rings. The Morgan fingerprint density at radius 1 is 1.13 bits per heavy atom. The molecule has 4 nitrogen and oxygen atoms in total. The smallest absolute Gasteiger partial charge is 0.205 e. The first-order chi connectivity index (χ1) is 11.3. The van der Waals surface area contributed by atoms with Crippen molar-refractivity contribution in [1.82, 2.24) is 0 Å². The number of hydrogen-bond acceptors (Lipinski definition) is 4. The van der Waals surface area contributed by atoms with Gasteiger partial charge in [-0.3, -0.25) is 0 Å². The lowest BCUT2D eigenvalue weighted by Crippen LogP contribution is -2.32. The van der Waals surface area contributed by atoms with Crippen LogP contribution in [0.5, 0.6) is 5.75 Å². The van der Waals surface area contributed by atoms with E-state index in [1.807, 2.05) is 24.3 Å². The summed E-state index contributed by atoms with van der Waals surface area (Å²) in [5, 5.41) is 9.62.